The summed E-state index contributed by atoms with van der Waals surface area (Å²) in [4.78, 5) is 11.1. The molecule has 0 aromatic carbocycles. The maximum absolute atomic E-state index is 11.1. The molecule has 4 fully saturated rings. The molecule has 0 saturated heterocycles. The zero-order chi connectivity index (χ0) is 13.9. The summed E-state index contributed by atoms with van der Waals surface area (Å²) in [6, 6.07) is 0. The molecule has 4 aliphatic rings. The van der Waals surface area contributed by atoms with Gasteiger partial charge in [0.15, 0.2) is 0 Å². The van der Waals surface area contributed by atoms with Crippen molar-refractivity contribution in [3.8, 4) is 0 Å². The first-order valence-electron chi connectivity index (χ1n) is 7.64. The molecule has 108 valence electrons. The summed E-state index contributed by atoms with van der Waals surface area (Å²) in [6.07, 6.45) is 6.71. The number of amides is 1. The van der Waals surface area contributed by atoms with Crippen LogP contribution in [-0.4, -0.2) is 11.1 Å². The number of carbonyl (C=O) groups is 1. The van der Waals surface area contributed by atoms with E-state index in [9.17, 15) is 4.79 Å². The molecule has 5 nitrogen and oxygen atoms in total. The van der Waals surface area contributed by atoms with E-state index in [-0.39, 0.29) is 5.91 Å². The van der Waals surface area contributed by atoms with Crippen molar-refractivity contribution in [2.75, 3.05) is 11.1 Å². The van der Waals surface area contributed by atoms with Crippen LogP contribution in [-0.2, 0) is 4.79 Å². The number of nitrogens with one attached hydrogen (secondary N) is 1. The monoisotopic (exact) mass is 275 g/mol. The van der Waals surface area contributed by atoms with Crippen molar-refractivity contribution in [2.24, 2.45) is 23.7 Å². The molecule has 1 aromatic rings. The molecule has 0 spiro atoms. The third-order valence-corrected chi connectivity index (χ3v) is 5.59. The first kappa shape index (κ1) is 12.2. The van der Waals surface area contributed by atoms with E-state index in [4.69, 9.17) is 10.3 Å². The second-order valence-corrected chi connectivity index (χ2v) is 6.95. The summed E-state index contributed by atoms with van der Waals surface area (Å²) in [7, 11) is 0. The Labute approximate surface area is 118 Å². The molecule has 0 aliphatic heterocycles. The second kappa shape index (κ2) is 4.24. The highest BCUT2D eigenvalue weighted by molar-refractivity contribution is 5.90. The molecule has 4 aliphatic carbocycles. The smallest absolute Gasteiger partial charge is 0.254 e. The van der Waals surface area contributed by atoms with Crippen molar-refractivity contribution in [2.45, 2.75) is 44.9 Å². The maximum Gasteiger partial charge on any atom is 0.254 e. The van der Waals surface area contributed by atoms with Gasteiger partial charge in [-0.1, -0.05) is 5.16 Å². The van der Waals surface area contributed by atoms with Crippen LogP contribution in [0.15, 0.2) is 4.52 Å². The maximum atomic E-state index is 11.1. The fourth-order valence-electron chi connectivity index (χ4n) is 5.17. The SMILES string of the molecule is CC(=O)Nc1onc(C2C3CC4CC(C3)CC2C4)c1N. The van der Waals surface area contributed by atoms with Crippen molar-refractivity contribution in [1.82, 2.24) is 5.16 Å². The standard InChI is InChI=1S/C15H21N3O2/c1-7(19)17-15-13(16)14(18-20-15)12-10-3-8-2-9(5-10)6-11(12)4-8/h8-12H,2-6,16H2,1H3,(H,17,19). The molecular weight excluding hydrogens is 254 g/mol. The van der Waals surface area contributed by atoms with E-state index in [2.05, 4.69) is 10.5 Å². The zero-order valence-electron chi connectivity index (χ0n) is 11.8. The van der Waals surface area contributed by atoms with Gasteiger partial charge >= 0.3 is 0 Å². The Morgan fingerprint density at radius 2 is 1.80 bits per heavy atom. The summed E-state index contributed by atoms with van der Waals surface area (Å²) in [6.45, 7) is 1.45. The van der Waals surface area contributed by atoms with Crippen LogP contribution in [0.25, 0.3) is 0 Å². The van der Waals surface area contributed by atoms with Crippen LogP contribution in [0.5, 0.6) is 0 Å². The average Bonchev–Trinajstić information content (AvgIpc) is 2.70. The highest BCUT2D eigenvalue weighted by Crippen LogP contribution is 2.60. The number of nitrogens with two attached hydrogens (primary N) is 1. The Balaban J connectivity index is 1.64. The van der Waals surface area contributed by atoms with E-state index in [1.165, 1.54) is 39.0 Å². The lowest BCUT2D eigenvalue weighted by atomic mass is 9.51. The minimum Gasteiger partial charge on any atom is -0.393 e. The number of rotatable bonds is 2. The molecule has 0 radical (unpaired) electrons. The first-order valence-corrected chi connectivity index (χ1v) is 7.64. The molecule has 5 rings (SSSR count). The summed E-state index contributed by atoms with van der Waals surface area (Å²) in [5.41, 5.74) is 7.59. The highest BCUT2D eigenvalue weighted by atomic mass is 16.5. The fraction of sp³-hybridized carbons (Fsp3) is 0.733. The first-order chi connectivity index (χ1) is 9.61. The van der Waals surface area contributed by atoms with E-state index < -0.39 is 0 Å². The van der Waals surface area contributed by atoms with E-state index in [0.717, 1.165) is 17.5 Å². The van der Waals surface area contributed by atoms with E-state index >= 15 is 0 Å². The summed E-state index contributed by atoms with van der Waals surface area (Å²) < 4.78 is 5.26. The van der Waals surface area contributed by atoms with Gasteiger partial charge in [-0.25, -0.2) is 0 Å². The Morgan fingerprint density at radius 3 is 2.35 bits per heavy atom. The Kier molecular flexibility index (Phi) is 2.59. The third-order valence-electron chi connectivity index (χ3n) is 5.59. The van der Waals surface area contributed by atoms with E-state index in [1.807, 2.05) is 0 Å². The fourth-order valence-corrected chi connectivity index (χ4v) is 5.17. The number of anilines is 2. The Morgan fingerprint density at radius 1 is 1.20 bits per heavy atom. The number of carbonyl (C=O) groups excluding carboxylic acids is 1. The number of hydrogen-bond donors (Lipinski definition) is 2. The third kappa shape index (κ3) is 1.75. The van der Waals surface area contributed by atoms with Crippen molar-refractivity contribution < 1.29 is 9.32 Å². The largest absolute Gasteiger partial charge is 0.393 e. The van der Waals surface area contributed by atoms with Gasteiger partial charge in [0, 0.05) is 12.8 Å². The lowest BCUT2D eigenvalue weighted by molar-refractivity contribution is -0.114. The molecule has 1 aromatic heterocycles. The Bertz CT molecular complexity index is 523. The quantitative estimate of drug-likeness (QED) is 0.869. The normalized spacial score (nSPS) is 38.1. The van der Waals surface area contributed by atoms with Gasteiger partial charge in [0.1, 0.15) is 11.4 Å². The molecule has 20 heavy (non-hydrogen) atoms. The zero-order valence-corrected chi connectivity index (χ0v) is 11.8. The van der Waals surface area contributed by atoms with Crippen LogP contribution >= 0.6 is 0 Å². The second-order valence-electron chi connectivity index (χ2n) is 6.95. The van der Waals surface area contributed by atoms with Gasteiger partial charge in [0.2, 0.25) is 5.91 Å². The Hall–Kier alpha value is -1.52. The topological polar surface area (TPSA) is 81.2 Å². The van der Waals surface area contributed by atoms with Gasteiger partial charge in [-0.15, -0.1) is 0 Å². The average molecular weight is 275 g/mol. The van der Waals surface area contributed by atoms with E-state index in [0.29, 0.717) is 29.3 Å². The molecule has 3 N–H and O–H groups in total. The molecule has 1 heterocycles. The van der Waals surface area contributed by atoms with Crippen molar-refractivity contribution in [1.29, 1.82) is 0 Å². The van der Waals surface area contributed by atoms with Gasteiger partial charge in [0.25, 0.3) is 5.88 Å². The predicted octanol–water partition coefficient (Wildman–Crippen LogP) is 2.75. The van der Waals surface area contributed by atoms with Crippen molar-refractivity contribution in [3.05, 3.63) is 5.69 Å². The highest BCUT2D eigenvalue weighted by Gasteiger charge is 2.50. The number of nitrogens with zero attached hydrogens (tertiary/aromatic N) is 1. The minimum absolute atomic E-state index is 0.176. The molecule has 0 unspecified atom stereocenters. The minimum atomic E-state index is -0.176. The van der Waals surface area contributed by atoms with Gasteiger partial charge < -0.3 is 10.3 Å². The summed E-state index contributed by atoms with van der Waals surface area (Å²) in [5, 5.41) is 6.82. The lowest BCUT2D eigenvalue weighted by Gasteiger charge is -2.53. The van der Waals surface area contributed by atoms with Gasteiger partial charge in [-0.05, 0) is 55.8 Å². The van der Waals surface area contributed by atoms with Crippen LogP contribution in [0.1, 0.15) is 50.6 Å². The predicted molar refractivity (Wildman–Crippen MR) is 75.0 cm³/mol. The van der Waals surface area contributed by atoms with Crippen LogP contribution in [0.3, 0.4) is 0 Å². The van der Waals surface area contributed by atoms with Crippen LogP contribution in [0.4, 0.5) is 11.6 Å². The molecule has 4 bridgehead atoms. The lowest BCUT2D eigenvalue weighted by Crippen LogP contribution is -2.44. The number of nitrogen functional groups attached to an aromatic ring is 1. The van der Waals surface area contributed by atoms with Gasteiger partial charge in [-0.2, -0.15) is 0 Å². The van der Waals surface area contributed by atoms with Crippen molar-refractivity contribution in [3.63, 3.8) is 0 Å². The number of hydrogen-bond acceptors (Lipinski definition) is 4. The van der Waals surface area contributed by atoms with Crippen LogP contribution in [0, 0.1) is 23.7 Å². The van der Waals surface area contributed by atoms with Gasteiger partial charge in [0.05, 0.1) is 0 Å². The van der Waals surface area contributed by atoms with Crippen molar-refractivity contribution >= 4 is 17.5 Å². The molecule has 0 atom stereocenters. The van der Waals surface area contributed by atoms with Crippen LogP contribution < -0.4 is 11.1 Å². The molecular formula is C15H21N3O2. The molecule has 1 amide bonds. The van der Waals surface area contributed by atoms with E-state index in [1.54, 1.807) is 0 Å². The molecule has 5 heteroatoms. The summed E-state index contributed by atoms with van der Waals surface area (Å²) in [5.74, 6) is 3.86. The van der Waals surface area contributed by atoms with Crippen LogP contribution in [0.2, 0.25) is 0 Å². The summed E-state index contributed by atoms with van der Waals surface area (Å²) >= 11 is 0. The molecule has 4 saturated carbocycles. The van der Waals surface area contributed by atoms with Gasteiger partial charge in [-0.3, -0.25) is 10.1 Å². The number of aromatic nitrogens is 1.